The summed E-state index contributed by atoms with van der Waals surface area (Å²) in [4.78, 5) is 4.17. The summed E-state index contributed by atoms with van der Waals surface area (Å²) in [5, 5.41) is 9.09. The van der Waals surface area contributed by atoms with Gasteiger partial charge in [-0.2, -0.15) is 0 Å². The van der Waals surface area contributed by atoms with E-state index in [1.165, 1.54) is 12.3 Å². The number of pyridine rings is 1. The number of rotatable bonds is 4. The van der Waals surface area contributed by atoms with Crippen molar-refractivity contribution in [1.82, 2.24) is 4.98 Å². The predicted molar refractivity (Wildman–Crippen MR) is 70.8 cm³/mol. The van der Waals surface area contributed by atoms with E-state index in [0.717, 1.165) is 31.9 Å². The predicted octanol–water partition coefficient (Wildman–Crippen LogP) is 1.41. The SMILES string of the molecule is CS(=O)(=O)c1cccnc1OC1CCC(CO)CC1. The van der Waals surface area contributed by atoms with Crippen molar-refractivity contribution < 1.29 is 18.3 Å². The third-order valence-corrected chi connectivity index (χ3v) is 4.58. The van der Waals surface area contributed by atoms with Crippen LogP contribution in [0.3, 0.4) is 0 Å². The third-order valence-electron chi connectivity index (χ3n) is 3.47. The fourth-order valence-corrected chi connectivity index (χ4v) is 3.08. The van der Waals surface area contributed by atoms with Crippen molar-refractivity contribution in [2.75, 3.05) is 12.9 Å². The summed E-state index contributed by atoms with van der Waals surface area (Å²) in [6, 6.07) is 3.10. The minimum absolute atomic E-state index is 0.0156. The second-order valence-electron chi connectivity index (χ2n) is 5.02. The van der Waals surface area contributed by atoms with Gasteiger partial charge < -0.3 is 9.84 Å². The molecule has 0 atom stereocenters. The van der Waals surface area contributed by atoms with E-state index in [2.05, 4.69) is 4.98 Å². The van der Waals surface area contributed by atoms with Crippen LogP contribution in [-0.4, -0.2) is 37.5 Å². The molecule has 1 saturated carbocycles. The number of hydrogen-bond donors (Lipinski definition) is 1. The lowest BCUT2D eigenvalue weighted by Crippen LogP contribution is -2.26. The highest BCUT2D eigenvalue weighted by Crippen LogP contribution is 2.29. The number of aliphatic hydroxyl groups excluding tert-OH is 1. The number of aliphatic hydroxyl groups is 1. The van der Waals surface area contributed by atoms with E-state index in [0.29, 0.717) is 5.92 Å². The van der Waals surface area contributed by atoms with Gasteiger partial charge in [-0.15, -0.1) is 0 Å². The van der Waals surface area contributed by atoms with Crippen LogP contribution in [-0.2, 0) is 9.84 Å². The Bertz CT molecular complexity index is 521. The van der Waals surface area contributed by atoms with E-state index in [9.17, 15) is 8.42 Å². The van der Waals surface area contributed by atoms with Gasteiger partial charge in [0.1, 0.15) is 11.0 Å². The van der Waals surface area contributed by atoms with Crippen LogP contribution in [0.25, 0.3) is 0 Å². The molecule has 19 heavy (non-hydrogen) atoms. The Morgan fingerprint density at radius 2 is 2.05 bits per heavy atom. The fourth-order valence-electron chi connectivity index (χ4n) is 2.34. The average Bonchev–Trinajstić information content (AvgIpc) is 2.39. The molecule has 1 aliphatic rings. The van der Waals surface area contributed by atoms with Gasteiger partial charge in [0.15, 0.2) is 9.84 Å². The molecular formula is C13H19NO4S. The van der Waals surface area contributed by atoms with Gasteiger partial charge in [-0.1, -0.05) is 0 Å². The van der Waals surface area contributed by atoms with Crippen LogP contribution >= 0.6 is 0 Å². The molecule has 0 spiro atoms. The molecule has 1 aromatic heterocycles. The molecule has 0 bridgehead atoms. The Labute approximate surface area is 113 Å². The smallest absolute Gasteiger partial charge is 0.232 e. The van der Waals surface area contributed by atoms with Crippen molar-refractivity contribution in [2.45, 2.75) is 36.7 Å². The monoisotopic (exact) mass is 285 g/mol. The molecule has 0 unspecified atom stereocenters. The average molecular weight is 285 g/mol. The summed E-state index contributed by atoms with van der Waals surface area (Å²) in [5.74, 6) is 0.537. The molecule has 0 saturated heterocycles. The van der Waals surface area contributed by atoms with Gasteiger partial charge in [0.25, 0.3) is 0 Å². The third kappa shape index (κ3) is 3.67. The van der Waals surface area contributed by atoms with Gasteiger partial charge in [-0.05, 0) is 43.7 Å². The van der Waals surface area contributed by atoms with Crippen molar-refractivity contribution in [3.63, 3.8) is 0 Å². The van der Waals surface area contributed by atoms with Crippen LogP contribution < -0.4 is 4.74 Å². The second kappa shape index (κ2) is 5.88. The molecule has 1 N–H and O–H groups in total. The van der Waals surface area contributed by atoms with Gasteiger partial charge in [0.05, 0.1) is 0 Å². The Hall–Kier alpha value is -1.14. The van der Waals surface area contributed by atoms with Gasteiger partial charge in [0, 0.05) is 19.1 Å². The Morgan fingerprint density at radius 1 is 1.37 bits per heavy atom. The Morgan fingerprint density at radius 3 is 2.63 bits per heavy atom. The van der Waals surface area contributed by atoms with Crippen molar-refractivity contribution in [3.05, 3.63) is 18.3 Å². The zero-order chi connectivity index (χ0) is 13.9. The maximum Gasteiger partial charge on any atom is 0.232 e. The van der Waals surface area contributed by atoms with Crippen LogP contribution in [0, 0.1) is 5.92 Å². The zero-order valence-corrected chi connectivity index (χ0v) is 11.8. The minimum Gasteiger partial charge on any atom is -0.473 e. The molecule has 1 aromatic rings. The summed E-state index contributed by atoms with van der Waals surface area (Å²) >= 11 is 0. The zero-order valence-electron chi connectivity index (χ0n) is 10.9. The number of ether oxygens (including phenoxy) is 1. The van der Waals surface area contributed by atoms with E-state index in [-0.39, 0.29) is 23.5 Å². The Balaban J connectivity index is 2.08. The number of hydrogen-bond acceptors (Lipinski definition) is 5. The van der Waals surface area contributed by atoms with Gasteiger partial charge in [0.2, 0.25) is 5.88 Å². The number of nitrogens with zero attached hydrogens (tertiary/aromatic N) is 1. The summed E-state index contributed by atoms with van der Waals surface area (Å²) in [7, 11) is -3.33. The van der Waals surface area contributed by atoms with Crippen molar-refractivity contribution in [1.29, 1.82) is 0 Å². The van der Waals surface area contributed by atoms with E-state index < -0.39 is 9.84 Å². The second-order valence-corrected chi connectivity index (χ2v) is 7.01. The molecule has 0 amide bonds. The molecule has 106 valence electrons. The summed E-state index contributed by atoms with van der Waals surface area (Å²) in [6.45, 7) is 0.213. The van der Waals surface area contributed by atoms with E-state index >= 15 is 0 Å². The van der Waals surface area contributed by atoms with Crippen LogP contribution in [0.4, 0.5) is 0 Å². The lowest BCUT2D eigenvalue weighted by atomic mass is 9.88. The maximum absolute atomic E-state index is 11.6. The fraction of sp³-hybridized carbons (Fsp3) is 0.615. The lowest BCUT2D eigenvalue weighted by Gasteiger charge is -2.27. The summed E-state index contributed by atoms with van der Waals surface area (Å²) < 4.78 is 29.0. The van der Waals surface area contributed by atoms with E-state index in [1.807, 2.05) is 0 Å². The van der Waals surface area contributed by atoms with Crippen LogP contribution in [0.5, 0.6) is 5.88 Å². The standard InChI is InChI=1S/C13H19NO4S/c1-19(16,17)12-3-2-8-14-13(12)18-11-6-4-10(9-15)5-7-11/h2-3,8,10-11,15H,4-7,9H2,1H3. The van der Waals surface area contributed by atoms with Gasteiger partial charge >= 0.3 is 0 Å². The topological polar surface area (TPSA) is 76.5 Å². The summed E-state index contributed by atoms with van der Waals surface area (Å²) in [5.41, 5.74) is 0. The first kappa shape index (κ1) is 14.3. The normalized spacial score (nSPS) is 24.1. The van der Waals surface area contributed by atoms with Crippen molar-refractivity contribution in [2.24, 2.45) is 5.92 Å². The molecule has 1 fully saturated rings. The van der Waals surface area contributed by atoms with E-state index in [1.54, 1.807) is 6.07 Å². The molecule has 0 aliphatic heterocycles. The highest BCUT2D eigenvalue weighted by molar-refractivity contribution is 7.90. The summed E-state index contributed by atoms with van der Waals surface area (Å²) in [6.07, 6.45) is 6.13. The highest BCUT2D eigenvalue weighted by Gasteiger charge is 2.24. The van der Waals surface area contributed by atoms with Crippen molar-refractivity contribution >= 4 is 9.84 Å². The molecule has 6 heteroatoms. The molecular weight excluding hydrogens is 266 g/mol. The van der Waals surface area contributed by atoms with Crippen LogP contribution in [0.15, 0.2) is 23.2 Å². The van der Waals surface area contributed by atoms with E-state index in [4.69, 9.17) is 9.84 Å². The lowest BCUT2D eigenvalue weighted by molar-refractivity contribution is 0.0980. The first-order valence-electron chi connectivity index (χ1n) is 6.43. The van der Waals surface area contributed by atoms with Gasteiger partial charge in [-0.3, -0.25) is 0 Å². The molecule has 0 aromatic carbocycles. The first-order valence-corrected chi connectivity index (χ1v) is 8.32. The number of aromatic nitrogens is 1. The number of sulfone groups is 1. The van der Waals surface area contributed by atoms with Crippen LogP contribution in [0.2, 0.25) is 0 Å². The molecule has 5 nitrogen and oxygen atoms in total. The quantitative estimate of drug-likeness (QED) is 0.905. The Kier molecular flexibility index (Phi) is 4.42. The molecule has 0 radical (unpaired) electrons. The van der Waals surface area contributed by atoms with Gasteiger partial charge in [-0.25, -0.2) is 13.4 Å². The first-order chi connectivity index (χ1) is 9.00. The van der Waals surface area contributed by atoms with Crippen LogP contribution in [0.1, 0.15) is 25.7 Å². The largest absolute Gasteiger partial charge is 0.473 e. The molecule has 2 rings (SSSR count). The minimum atomic E-state index is -3.33. The maximum atomic E-state index is 11.6. The highest BCUT2D eigenvalue weighted by atomic mass is 32.2. The molecule has 1 aliphatic carbocycles. The molecule has 1 heterocycles. The van der Waals surface area contributed by atoms with Crippen molar-refractivity contribution in [3.8, 4) is 5.88 Å².